The molecule has 0 atom stereocenters. The molecule has 5 nitrogen and oxygen atoms in total. The zero-order chi connectivity index (χ0) is 16.4. The molecular weight excluding hydrogens is 313 g/mol. The zero-order valence-electron chi connectivity index (χ0n) is 12.4. The van der Waals surface area contributed by atoms with Gasteiger partial charge in [-0.1, -0.05) is 0 Å². The van der Waals surface area contributed by atoms with E-state index in [1.165, 1.54) is 0 Å². The molecule has 1 N–H and O–H groups in total. The van der Waals surface area contributed by atoms with Crippen molar-refractivity contribution >= 4 is 11.6 Å². The van der Waals surface area contributed by atoms with E-state index in [9.17, 15) is 18.0 Å². The van der Waals surface area contributed by atoms with Crippen LogP contribution >= 0.6 is 0 Å². The Hall–Kier alpha value is -1.96. The molecule has 2 aliphatic rings. The molecule has 2 aliphatic heterocycles. The number of nitrogens with one attached hydrogen (secondary N) is 1. The second kappa shape index (κ2) is 6.27. The molecule has 2 heterocycles. The number of rotatable bonds is 3. The Labute approximate surface area is 131 Å². The Kier molecular flexibility index (Phi) is 4.34. The van der Waals surface area contributed by atoms with Crippen molar-refractivity contribution < 1.29 is 27.4 Å². The van der Waals surface area contributed by atoms with Crippen LogP contribution in [0, 0.1) is 5.92 Å². The van der Waals surface area contributed by atoms with E-state index in [0.29, 0.717) is 17.2 Å². The molecule has 0 unspecified atom stereocenters. The standard InChI is InChI=1S/C15H17F3N2O3/c16-15(17,18)10-3-5-20(6-4-10)8-14(21)19-11-1-2-12-13(7-11)23-9-22-12/h1-2,7,10H,3-6,8-9H2,(H,19,21). The second-order valence-corrected chi connectivity index (χ2v) is 5.71. The van der Waals surface area contributed by atoms with Gasteiger partial charge in [0.15, 0.2) is 11.5 Å². The number of hydrogen-bond donors (Lipinski definition) is 1. The number of nitrogens with zero attached hydrogens (tertiary/aromatic N) is 1. The first-order valence-electron chi connectivity index (χ1n) is 7.40. The first-order valence-corrected chi connectivity index (χ1v) is 7.40. The molecule has 1 saturated heterocycles. The number of hydrogen-bond acceptors (Lipinski definition) is 4. The minimum absolute atomic E-state index is 0.0425. The van der Waals surface area contributed by atoms with Gasteiger partial charge in [0, 0.05) is 11.8 Å². The summed E-state index contributed by atoms with van der Waals surface area (Å²) < 4.78 is 48.2. The van der Waals surface area contributed by atoms with Gasteiger partial charge in [0.25, 0.3) is 0 Å². The van der Waals surface area contributed by atoms with E-state index in [0.717, 1.165) is 0 Å². The van der Waals surface area contributed by atoms with Gasteiger partial charge in [-0.25, -0.2) is 0 Å². The molecular formula is C15H17F3N2O3. The summed E-state index contributed by atoms with van der Waals surface area (Å²) in [5.74, 6) is -0.323. The lowest BCUT2D eigenvalue weighted by Gasteiger charge is -2.32. The number of benzene rings is 1. The summed E-state index contributed by atoms with van der Waals surface area (Å²) in [7, 11) is 0. The molecule has 1 amide bonds. The molecule has 1 aromatic rings. The van der Waals surface area contributed by atoms with E-state index in [1.807, 2.05) is 0 Å². The molecule has 23 heavy (non-hydrogen) atoms. The van der Waals surface area contributed by atoms with Gasteiger partial charge in [0.05, 0.1) is 12.5 Å². The molecule has 0 bridgehead atoms. The summed E-state index contributed by atoms with van der Waals surface area (Å²) in [5.41, 5.74) is 0.574. The number of amides is 1. The normalized spacial score (nSPS) is 18.9. The fraction of sp³-hybridized carbons (Fsp3) is 0.533. The van der Waals surface area contributed by atoms with Gasteiger partial charge in [-0.05, 0) is 38.1 Å². The Morgan fingerprint density at radius 1 is 1.22 bits per heavy atom. The quantitative estimate of drug-likeness (QED) is 0.926. The molecule has 0 aromatic heterocycles. The van der Waals surface area contributed by atoms with Crippen molar-refractivity contribution in [2.75, 3.05) is 31.7 Å². The summed E-state index contributed by atoms with van der Waals surface area (Å²) >= 11 is 0. The third kappa shape index (κ3) is 3.87. The third-order valence-corrected chi connectivity index (χ3v) is 4.07. The number of ether oxygens (including phenoxy) is 2. The van der Waals surface area contributed by atoms with Crippen molar-refractivity contribution in [3.63, 3.8) is 0 Å². The van der Waals surface area contributed by atoms with Crippen molar-refractivity contribution in [1.82, 2.24) is 4.90 Å². The first-order chi connectivity index (χ1) is 10.9. The van der Waals surface area contributed by atoms with Gasteiger partial charge >= 0.3 is 6.18 Å². The van der Waals surface area contributed by atoms with Gasteiger partial charge < -0.3 is 14.8 Å². The Balaban J connectivity index is 1.49. The number of carbonyl (C=O) groups excluding carboxylic acids is 1. The Bertz CT molecular complexity index is 584. The van der Waals surface area contributed by atoms with E-state index in [1.54, 1.807) is 23.1 Å². The van der Waals surface area contributed by atoms with Crippen LogP contribution < -0.4 is 14.8 Å². The molecule has 3 rings (SSSR count). The maximum Gasteiger partial charge on any atom is 0.391 e. The highest BCUT2D eigenvalue weighted by atomic mass is 19.4. The van der Waals surface area contributed by atoms with Crippen LogP contribution in [0.2, 0.25) is 0 Å². The average molecular weight is 330 g/mol. The maximum absolute atomic E-state index is 12.6. The van der Waals surface area contributed by atoms with E-state index in [4.69, 9.17) is 9.47 Å². The van der Waals surface area contributed by atoms with Gasteiger partial charge in [-0.15, -0.1) is 0 Å². The van der Waals surface area contributed by atoms with Crippen LogP contribution in [0.25, 0.3) is 0 Å². The number of halogens is 3. The molecule has 1 aromatic carbocycles. The Morgan fingerprint density at radius 2 is 1.91 bits per heavy atom. The van der Waals surface area contributed by atoms with Gasteiger partial charge in [-0.3, -0.25) is 9.69 Å². The van der Waals surface area contributed by atoms with Crippen molar-refractivity contribution in [2.24, 2.45) is 5.92 Å². The second-order valence-electron chi connectivity index (χ2n) is 5.71. The summed E-state index contributed by atoms with van der Waals surface area (Å²) in [5, 5.41) is 2.72. The maximum atomic E-state index is 12.6. The van der Waals surface area contributed by atoms with Crippen LogP contribution in [0.15, 0.2) is 18.2 Å². The van der Waals surface area contributed by atoms with Crippen molar-refractivity contribution in [3.8, 4) is 11.5 Å². The number of likely N-dealkylation sites (tertiary alicyclic amines) is 1. The molecule has 0 saturated carbocycles. The van der Waals surface area contributed by atoms with Crippen molar-refractivity contribution in [3.05, 3.63) is 18.2 Å². The lowest BCUT2D eigenvalue weighted by Crippen LogP contribution is -2.42. The van der Waals surface area contributed by atoms with Crippen molar-refractivity contribution in [2.45, 2.75) is 19.0 Å². The predicted molar refractivity (Wildman–Crippen MR) is 76.4 cm³/mol. The van der Waals surface area contributed by atoms with Crippen LogP contribution in [0.5, 0.6) is 11.5 Å². The lowest BCUT2D eigenvalue weighted by atomic mass is 9.96. The molecule has 126 valence electrons. The van der Waals surface area contributed by atoms with E-state index in [-0.39, 0.29) is 45.2 Å². The number of anilines is 1. The minimum atomic E-state index is -4.14. The minimum Gasteiger partial charge on any atom is -0.454 e. The number of carbonyl (C=O) groups is 1. The predicted octanol–water partition coefficient (Wildman–Crippen LogP) is 2.63. The molecule has 8 heteroatoms. The zero-order valence-corrected chi connectivity index (χ0v) is 12.4. The highest BCUT2D eigenvalue weighted by Gasteiger charge is 2.41. The third-order valence-electron chi connectivity index (χ3n) is 4.07. The fourth-order valence-corrected chi connectivity index (χ4v) is 2.80. The van der Waals surface area contributed by atoms with Gasteiger partial charge in [0.2, 0.25) is 12.7 Å². The van der Waals surface area contributed by atoms with E-state index >= 15 is 0 Å². The smallest absolute Gasteiger partial charge is 0.391 e. The highest BCUT2D eigenvalue weighted by Crippen LogP contribution is 2.35. The van der Waals surface area contributed by atoms with Gasteiger partial charge in [0.1, 0.15) is 0 Å². The highest BCUT2D eigenvalue weighted by molar-refractivity contribution is 5.92. The SMILES string of the molecule is O=C(CN1CCC(C(F)(F)F)CC1)Nc1ccc2c(c1)OCO2. The van der Waals surface area contributed by atoms with E-state index < -0.39 is 12.1 Å². The van der Waals surface area contributed by atoms with Crippen LogP contribution in [-0.4, -0.2) is 43.4 Å². The number of fused-ring (bicyclic) bond motifs is 1. The largest absolute Gasteiger partial charge is 0.454 e. The number of alkyl halides is 3. The van der Waals surface area contributed by atoms with Crippen LogP contribution in [0.1, 0.15) is 12.8 Å². The lowest BCUT2D eigenvalue weighted by molar-refractivity contribution is -0.184. The molecule has 0 spiro atoms. The molecule has 0 radical (unpaired) electrons. The number of piperidine rings is 1. The first kappa shape index (κ1) is 15.9. The molecule has 1 fully saturated rings. The Morgan fingerprint density at radius 3 is 2.61 bits per heavy atom. The van der Waals surface area contributed by atoms with Crippen LogP contribution in [0.4, 0.5) is 18.9 Å². The fourth-order valence-electron chi connectivity index (χ4n) is 2.80. The van der Waals surface area contributed by atoms with Crippen molar-refractivity contribution in [1.29, 1.82) is 0 Å². The van der Waals surface area contributed by atoms with Gasteiger partial charge in [-0.2, -0.15) is 13.2 Å². The summed E-state index contributed by atoms with van der Waals surface area (Å²) in [6, 6.07) is 5.06. The van der Waals surface area contributed by atoms with Crippen LogP contribution in [0.3, 0.4) is 0 Å². The summed E-state index contributed by atoms with van der Waals surface area (Å²) in [6.45, 7) is 0.789. The van der Waals surface area contributed by atoms with Crippen LogP contribution in [-0.2, 0) is 4.79 Å². The molecule has 0 aliphatic carbocycles. The summed E-state index contributed by atoms with van der Waals surface area (Å²) in [4.78, 5) is 13.8. The topological polar surface area (TPSA) is 50.8 Å². The summed E-state index contributed by atoms with van der Waals surface area (Å²) in [6.07, 6.45) is -4.05. The average Bonchev–Trinajstić information content (AvgIpc) is 2.94. The monoisotopic (exact) mass is 330 g/mol. The van der Waals surface area contributed by atoms with E-state index in [2.05, 4.69) is 5.32 Å².